The Morgan fingerprint density at radius 3 is 2.57 bits per heavy atom. The second-order valence-electron chi connectivity index (χ2n) is 4.80. The Kier molecular flexibility index (Phi) is 7.10. The molecule has 0 aromatic heterocycles. The van der Waals surface area contributed by atoms with Crippen LogP contribution in [-0.4, -0.2) is 48.9 Å². The molecule has 0 saturated heterocycles. The molecule has 1 rings (SSSR count). The van der Waals surface area contributed by atoms with Gasteiger partial charge in [0.2, 0.25) is 10.0 Å². The number of likely N-dealkylation sites (N-methyl/N-ethyl adjacent to an activating group) is 1. The molecule has 0 aliphatic heterocycles. The third kappa shape index (κ3) is 5.28. The van der Waals surface area contributed by atoms with Crippen LogP contribution in [0.3, 0.4) is 0 Å². The second-order valence-corrected chi connectivity index (χ2v) is 6.49. The van der Waals surface area contributed by atoms with Crippen molar-refractivity contribution >= 4 is 10.0 Å². The molecule has 0 bridgehead atoms. The van der Waals surface area contributed by atoms with Crippen molar-refractivity contribution < 1.29 is 17.9 Å². The molecule has 0 aliphatic rings. The third-order valence-corrected chi connectivity index (χ3v) is 4.66. The van der Waals surface area contributed by atoms with E-state index in [-0.39, 0.29) is 10.9 Å². The molecule has 21 heavy (non-hydrogen) atoms. The summed E-state index contributed by atoms with van der Waals surface area (Å²) in [6, 6.07) is 4.69. The number of rotatable bonds is 9. The maximum absolute atomic E-state index is 12.5. The van der Waals surface area contributed by atoms with Crippen LogP contribution in [0.15, 0.2) is 23.1 Å². The smallest absolute Gasteiger partial charge is 0.241 e. The van der Waals surface area contributed by atoms with Crippen LogP contribution >= 0.6 is 0 Å². The topological polar surface area (TPSA) is 76.7 Å². The highest BCUT2D eigenvalue weighted by Gasteiger charge is 2.21. The lowest BCUT2D eigenvalue weighted by Gasteiger charge is -2.16. The van der Waals surface area contributed by atoms with Crippen LogP contribution in [0.5, 0.6) is 5.75 Å². The van der Waals surface area contributed by atoms with Crippen molar-refractivity contribution in [2.45, 2.75) is 24.3 Å². The number of hydrogen-bond donors (Lipinski definition) is 2. The lowest BCUT2D eigenvalue weighted by atomic mass is 10.1. The molecular formula is C14H24N2O4S. The molecule has 1 unspecified atom stereocenters. The molecule has 0 radical (unpaired) electrons. The second kappa shape index (κ2) is 8.33. The van der Waals surface area contributed by atoms with Crippen LogP contribution in [0.1, 0.15) is 12.5 Å². The van der Waals surface area contributed by atoms with Gasteiger partial charge in [0, 0.05) is 13.2 Å². The maximum atomic E-state index is 12.5. The SMILES string of the molecule is CNCCc1cc(OC)ccc1S(=O)(=O)NC(C)COC. The van der Waals surface area contributed by atoms with E-state index in [1.807, 2.05) is 7.05 Å². The predicted octanol–water partition coefficient (Wildman–Crippen LogP) is 0.770. The van der Waals surface area contributed by atoms with Gasteiger partial charge in [-0.2, -0.15) is 0 Å². The van der Waals surface area contributed by atoms with Gasteiger partial charge in [-0.15, -0.1) is 0 Å². The molecule has 2 N–H and O–H groups in total. The van der Waals surface area contributed by atoms with E-state index < -0.39 is 10.0 Å². The van der Waals surface area contributed by atoms with Gasteiger partial charge in [-0.1, -0.05) is 0 Å². The fourth-order valence-corrected chi connectivity index (χ4v) is 3.49. The molecule has 0 saturated carbocycles. The van der Waals surface area contributed by atoms with Crippen LogP contribution in [0.2, 0.25) is 0 Å². The molecule has 0 fully saturated rings. The van der Waals surface area contributed by atoms with Crippen LogP contribution < -0.4 is 14.8 Å². The number of benzene rings is 1. The van der Waals surface area contributed by atoms with E-state index in [2.05, 4.69) is 10.0 Å². The van der Waals surface area contributed by atoms with E-state index >= 15 is 0 Å². The van der Waals surface area contributed by atoms with Crippen molar-refractivity contribution in [3.05, 3.63) is 23.8 Å². The zero-order valence-electron chi connectivity index (χ0n) is 13.0. The highest BCUT2D eigenvalue weighted by molar-refractivity contribution is 7.89. The van der Waals surface area contributed by atoms with Gasteiger partial charge in [-0.25, -0.2) is 13.1 Å². The summed E-state index contributed by atoms with van der Waals surface area (Å²) in [5, 5.41) is 3.02. The molecule has 1 aromatic rings. The number of nitrogens with one attached hydrogen (secondary N) is 2. The van der Waals surface area contributed by atoms with Gasteiger partial charge in [-0.3, -0.25) is 0 Å². The maximum Gasteiger partial charge on any atom is 0.241 e. The fraction of sp³-hybridized carbons (Fsp3) is 0.571. The average Bonchev–Trinajstić information content (AvgIpc) is 2.44. The van der Waals surface area contributed by atoms with E-state index in [4.69, 9.17) is 9.47 Å². The molecule has 7 heteroatoms. The zero-order chi connectivity index (χ0) is 15.9. The number of hydrogen-bond acceptors (Lipinski definition) is 5. The molecule has 0 heterocycles. The highest BCUT2D eigenvalue weighted by atomic mass is 32.2. The standard InChI is InChI=1S/C14H24N2O4S/c1-11(10-19-3)16-21(17,18)14-6-5-13(20-4)9-12(14)7-8-15-2/h5-6,9,11,15-16H,7-8,10H2,1-4H3. The van der Waals surface area contributed by atoms with Crippen molar-refractivity contribution in [2.75, 3.05) is 34.4 Å². The molecule has 1 atom stereocenters. The van der Waals surface area contributed by atoms with Gasteiger partial charge in [0.25, 0.3) is 0 Å². The van der Waals surface area contributed by atoms with Crippen molar-refractivity contribution in [1.29, 1.82) is 0 Å². The van der Waals surface area contributed by atoms with Crippen LogP contribution in [0.25, 0.3) is 0 Å². The van der Waals surface area contributed by atoms with Gasteiger partial charge in [0.05, 0.1) is 18.6 Å². The summed E-state index contributed by atoms with van der Waals surface area (Å²) < 4.78 is 37.7. The van der Waals surface area contributed by atoms with E-state index in [0.29, 0.717) is 25.3 Å². The number of methoxy groups -OCH3 is 2. The minimum absolute atomic E-state index is 0.279. The number of sulfonamides is 1. The number of ether oxygens (including phenoxy) is 2. The average molecular weight is 316 g/mol. The molecular weight excluding hydrogens is 292 g/mol. The monoisotopic (exact) mass is 316 g/mol. The summed E-state index contributed by atoms with van der Waals surface area (Å²) in [5.74, 6) is 0.644. The fourth-order valence-electron chi connectivity index (χ4n) is 2.01. The first-order chi connectivity index (χ1) is 9.94. The zero-order valence-corrected chi connectivity index (χ0v) is 13.8. The Bertz CT molecular complexity index is 546. The summed E-state index contributed by atoms with van der Waals surface area (Å²) in [7, 11) is 1.34. The predicted molar refractivity (Wildman–Crippen MR) is 82.3 cm³/mol. The molecule has 120 valence electrons. The Hall–Kier alpha value is -1.15. The van der Waals surface area contributed by atoms with E-state index in [1.54, 1.807) is 32.2 Å². The van der Waals surface area contributed by atoms with Crippen molar-refractivity contribution in [3.63, 3.8) is 0 Å². The van der Waals surface area contributed by atoms with Crippen LogP contribution in [-0.2, 0) is 21.2 Å². The van der Waals surface area contributed by atoms with Gasteiger partial charge < -0.3 is 14.8 Å². The van der Waals surface area contributed by atoms with Gasteiger partial charge in [0.1, 0.15) is 5.75 Å². The molecule has 0 aliphatic carbocycles. The minimum atomic E-state index is -3.58. The Morgan fingerprint density at radius 2 is 2.00 bits per heavy atom. The largest absolute Gasteiger partial charge is 0.497 e. The summed E-state index contributed by atoms with van der Waals surface area (Å²) >= 11 is 0. The van der Waals surface area contributed by atoms with E-state index in [0.717, 1.165) is 5.56 Å². The molecule has 0 spiro atoms. The summed E-state index contributed by atoms with van der Waals surface area (Å²) in [5.41, 5.74) is 0.723. The van der Waals surface area contributed by atoms with Crippen LogP contribution in [0, 0.1) is 0 Å². The normalized spacial score (nSPS) is 13.1. The minimum Gasteiger partial charge on any atom is -0.497 e. The van der Waals surface area contributed by atoms with Crippen molar-refractivity contribution in [1.82, 2.24) is 10.0 Å². The van der Waals surface area contributed by atoms with Gasteiger partial charge in [0.15, 0.2) is 0 Å². The van der Waals surface area contributed by atoms with E-state index in [9.17, 15) is 8.42 Å². The van der Waals surface area contributed by atoms with Gasteiger partial charge >= 0.3 is 0 Å². The first-order valence-electron chi connectivity index (χ1n) is 6.77. The van der Waals surface area contributed by atoms with Crippen molar-refractivity contribution in [2.24, 2.45) is 0 Å². The lowest BCUT2D eigenvalue weighted by Crippen LogP contribution is -2.36. The Balaban J connectivity index is 3.08. The molecule has 0 amide bonds. The summed E-state index contributed by atoms with van der Waals surface area (Å²) in [4.78, 5) is 0.279. The first-order valence-corrected chi connectivity index (χ1v) is 8.25. The lowest BCUT2D eigenvalue weighted by molar-refractivity contribution is 0.180. The Morgan fingerprint density at radius 1 is 1.29 bits per heavy atom. The first kappa shape index (κ1) is 17.9. The summed E-state index contributed by atoms with van der Waals surface area (Å²) in [6.45, 7) is 2.77. The van der Waals surface area contributed by atoms with Gasteiger partial charge in [-0.05, 0) is 50.7 Å². The quantitative estimate of drug-likeness (QED) is 0.704. The van der Waals surface area contributed by atoms with Crippen molar-refractivity contribution in [3.8, 4) is 5.75 Å². The van der Waals surface area contributed by atoms with Crippen LogP contribution in [0.4, 0.5) is 0 Å². The molecule has 6 nitrogen and oxygen atoms in total. The third-order valence-electron chi connectivity index (χ3n) is 2.97. The summed E-state index contributed by atoms with van der Waals surface area (Å²) in [6.07, 6.45) is 0.600. The Labute approximate surface area is 126 Å². The molecule has 1 aromatic carbocycles. The highest BCUT2D eigenvalue weighted by Crippen LogP contribution is 2.22. The van der Waals surface area contributed by atoms with E-state index in [1.165, 1.54) is 7.11 Å².